The number of rotatable bonds is 13. The van der Waals surface area contributed by atoms with Crippen LogP contribution in [0.4, 0.5) is 0 Å². The summed E-state index contributed by atoms with van der Waals surface area (Å²) in [5.74, 6) is -2.82. The minimum absolute atomic E-state index is 0.0721. The Morgan fingerprint density at radius 1 is 1.02 bits per heavy atom. The predicted molar refractivity (Wildman–Crippen MR) is 191 cm³/mol. The molecular weight excluding hydrogens is 673 g/mol. The first kappa shape index (κ1) is 39.7. The van der Waals surface area contributed by atoms with E-state index >= 15 is 4.79 Å². The molecule has 2 unspecified atom stereocenters. The van der Waals surface area contributed by atoms with E-state index < -0.39 is 78.7 Å². The number of fused-ring (bicyclic) bond motifs is 5. The highest BCUT2D eigenvalue weighted by molar-refractivity contribution is 6.73. The van der Waals surface area contributed by atoms with Gasteiger partial charge in [-0.1, -0.05) is 52.8 Å². The van der Waals surface area contributed by atoms with Crippen molar-refractivity contribution in [1.29, 1.82) is 0 Å². The van der Waals surface area contributed by atoms with Crippen LogP contribution in [0.5, 0.6) is 0 Å². The molecule has 0 aromatic heterocycles. The van der Waals surface area contributed by atoms with Gasteiger partial charge in [0.05, 0.1) is 48.9 Å². The van der Waals surface area contributed by atoms with Crippen molar-refractivity contribution in [2.75, 3.05) is 26.4 Å². The van der Waals surface area contributed by atoms with Gasteiger partial charge in [0.2, 0.25) is 0 Å². The summed E-state index contributed by atoms with van der Waals surface area (Å²) in [7, 11) is -2.43. The van der Waals surface area contributed by atoms with Crippen molar-refractivity contribution < 1.29 is 52.7 Å². The fourth-order valence-corrected chi connectivity index (χ4v) is 12.6. The Bertz CT molecular complexity index is 1480. The SMILES string of the molecule is CCOCCO[C@H]1C(=O)[C@@]2(C)C([C@H](OC(=O)c3ccccc3)[C@]3(O)CC(O)C(C)=C1C3(C)C)[C@]1(OC(C)=O)CO[C@@H]1C[C@@H]2O[Si](CC)(CC)CC. The van der Waals surface area contributed by atoms with Crippen LogP contribution in [0.1, 0.15) is 85.5 Å². The fourth-order valence-electron chi connectivity index (χ4n) is 9.61. The van der Waals surface area contributed by atoms with Gasteiger partial charge in [-0.25, -0.2) is 4.79 Å². The molecule has 1 aliphatic heterocycles. The third-order valence-corrected chi connectivity index (χ3v) is 17.6. The minimum Gasteiger partial charge on any atom is -0.455 e. The number of aliphatic hydroxyl groups is 2. The van der Waals surface area contributed by atoms with Crippen LogP contribution < -0.4 is 0 Å². The van der Waals surface area contributed by atoms with Crippen molar-refractivity contribution >= 4 is 26.0 Å². The third-order valence-electron chi connectivity index (χ3n) is 12.9. The van der Waals surface area contributed by atoms with E-state index in [1.807, 2.05) is 6.92 Å². The van der Waals surface area contributed by atoms with Gasteiger partial charge >= 0.3 is 11.9 Å². The van der Waals surface area contributed by atoms with Gasteiger partial charge in [0.25, 0.3) is 0 Å². The lowest BCUT2D eigenvalue weighted by molar-refractivity contribution is -0.344. The van der Waals surface area contributed by atoms with E-state index in [1.165, 1.54) is 6.92 Å². The number of ketones is 1. The van der Waals surface area contributed by atoms with E-state index in [9.17, 15) is 19.8 Å². The second-order valence-electron chi connectivity index (χ2n) is 15.6. The van der Waals surface area contributed by atoms with Crippen molar-refractivity contribution in [2.45, 2.75) is 135 Å². The first-order valence-electron chi connectivity index (χ1n) is 18.6. The molecule has 3 fully saturated rings. The number of ether oxygens (including phenoxy) is 5. The second-order valence-corrected chi connectivity index (χ2v) is 20.3. The van der Waals surface area contributed by atoms with E-state index in [0.29, 0.717) is 17.8 Å². The van der Waals surface area contributed by atoms with Crippen LogP contribution in [0.25, 0.3) is 0 Å². The van der Waals surface area contributed by atoms with Crippen LogP contribution in [-0.2, 0) is 37.7 Å². The van der Waals surface area contributed by atoms with Crippen molar-refractivity contribution in [3.63, 3.8) is 0 Å². The highest BCUT2D eigenvalue weighted by Gasteiger charge is 2.78. The normalized spacial score (nSPS) is 35.9. The van der Waals surface area contributed by atoms with Gasteiger partial charge < -0.3 is 38.3 Å². The topological polar surface area (TPSA) is 147 Å². The molecule has 9 atom stereocenters. The van der Waals surface area contributed by atoms with Gasteiger partial charge in [0, 0.05) is 31.8 Å². The average molecular weight is 731 g/mol. The predicted octanol–water partition coefficient (Wildman–Crippen LogP) is 5.17. The summed E-state index contributed by atoms with van der Waals surface area (Å²) in [6.07, 6.45) is -5.31. The molecule has 1 saturated heterocycles. The van der Waals surface area contributed by atoms with Crippen LogP contribution in [0, 0.1) is 16.7 Å². The Hall–Kier alpha value is -2.45. The summed E-state index contributed by atoms with van der Waals surface area (Å²) in [6, 6.07) is 10.9. The molecule has 5 rings (SSSR count). The van der Waals surface area contributed by atoms with E-state index in [0.717, 1.165) is 18.1 Å². The Morgan fingerprint density at radius 3 is 2.22 bits per heavy atom. The zero-order chi connectivity index (χ0) is 37.6. The molecule has 1 aromatic carbocycles. The molecule has 2 bridgehead atoms. The number of esters is 2. The number of hydrogen-bond acceptors (Lipinski definition) is 11. The third kappa shape index (κ3) is 6.36. The summed E-state index contributed by atoms with van der Waals surface area (Å²) < 4.78 is 38.4. The summed E-state index contributed by atoms with van der Waals surface area (Å²) in [4.78, 5) is 43.1. The summed E-state index contributed by atoms with van der Waals surface area (Å²) in [5, 5.41) is 25.1. The molecule has 0 spiro atoms. The number of Topliss-reactive ketones (excluding diaryl/α,β-unsaturated/α-hetero) is 1. The molecule has 4 aliphatic rings. The van der Waals surface area contributed by atoms with Crippen molar-refractivity contribution in [3.8, 4) is 0 Å². The van der Waals surface area contributed by atoms with Crippen LogP contribution in [0.3, 0.4) is 0 Å². The van der Waals surface area contributed by atoms with E-state index in [1.54, 1.807) is 58.0 Å². The Kier molecular flexibility index (Phi) is 11.5. The summed E-state index contributed by atoms with van der Waals surface area (Å²) in [6.45, 7) is 17.3. The molecular formula is C39H58O11Si. The minimum atomic E-state index is -2.43. The Balaban J connectivity index is 1.84. The van der Waals surface area contributed by atoms with E-state index in [2.05, 4.69) is 20.8 Å². The zero-order valence-electron chi connectivity index (χ0n) is 31.8. The molecule has 2 N–H and O–H groups in total. The van der Waals surface area contributed by atoms with Crippen LogP contribution in [-0.4, -0.2) is 104 Å². The number of aliphatic hydroxyl groups excluding tert-OH is 1. The zero-order valence-corrected chi connectivity index (χ0v) is 32.8. The Morgan fingerprint density at radius 2 is 1.67 bits per heavy atom. The maximum atomic E-state index is 15.9. The van der Waals surface area contributed by atoms with Gasteiger partial charge in [-0.2, -0.15) is 0 Å². The number of benzene rings is 1. The molecule has 1 aromatic rings. The highest BCUT2D eigenvalue weighted by atomic mass is 28.4. The van der Waals surface area contributed by atoms with Crippen LogP contribution in [0.2, 0.25) is 18.1 Å². The first-order chi connectivity index (χ1) is 24.0. The molecule has 284 valence electrons. The average Bonchev–Trinajstić information content (AvgIpc) is 3.09. The van der Waals surface area contributed by atoms with Gasteiger partial charge in [-0.05, 0) is 62.2 Å². The lowest BCUT2D eigenvalue weighted by Gasteiger charge is -2.68. The Labute approximate surface area is 303 Å². The van der Waals surface area contributed by atoms with Crippen molar-refractivity contribution in [2.24, 2.45) is 16.7 Å². The maximum Gasteiger partial charge on any atom is 0.338 e. The van der Waals surface area contributed by atoms with Gasteiger partial charge in [-0.15, -0.1) is 0 Å². The monoisotopic (exact) mass is 730 g/mol. The standard InChI is InChI=1S/C39H58O11Si/c1-10-45-19-20-46-31-30-24(5)27(41)22-39(44,36(30,7)8)34(48-35(43)26-17-15-14-16-18-26)32-37(9,33(31)42)28(50-51(11-2,12-3)13-4)21-29-38(32,23-47-29)49-25(6)40/h14-18,27-29,31-32,34,41,44H,10-13,19-23H2,1-9H3/t27?,28-,29+,31+,32?,34-,37+,38-,39+/m0/s1. The molecule has 51 heavy (non-hydrogen) atoms. The van der Waals surface area contributed by atoms with E-state index in [-0.39, 0.29) is 44.0 Å². The van der Waals surface area contributed by atoms with Crippen molar-refractivity contribution in [3.05, 3.63) is 47.0 Å². The quantitative estimate of drug-likeness (QED) is 0.120. The van der Waals surface area contributed by atoms with Gasteiger partial charge in [0.1, 0.15) is 23.9 Å². The van der Waals surface area contributed by atoms with E-state index in [4.69, 9.17) is 28.1 Å². The smallest absolute Gasteiger partial charge is 0.338 e. The van der Waals surface area contributed by atoms with Crippen LogP contribution >= 0.6 is 0 Å². The molecule has 11 nitrogen and oxygen atoms in total. The first-order valence-corrected chi connectivity index (χ1v) is 21.2. The second kappa shape index (κ2) is 14.8. The molecule has 0 amide bonds. The molecule has 0 radical (unpaired) electrons. The van der Waals surface area contributed by atoms with Crippen LogP contribution in [0.15, 0.2) is 41.5 Å². The lowest BCUT2D eigenvalue weighted by atomic mass is 9.44. The molecule has 2 saturated carbocycles. The maximum absolute atomic E-state index is 15.9. The number of carbonyl (C=O) groups excluding carboxylic acids is 3. The number of hydrogen-bond donors (Lipinski definition) is 2. The fraction of sp³-hybridized carbons (Fsp3) is 0.718. The summed E-state index contributed by atoms with van der Waals surface area (Å²) >= 11 is 0. The molecule has 12 heteroatoms. The highest BCUT2D eigenvalue weighted by Crippen LogP contribution is 2.65. The number of carbonyl (C=O) groups is 3. The largest absolute Gasteiger partial charge is 0.455 e. The van der Waals surface area contributed by atoms with Crippen molar-refractivity contribution in [1.82, 2.24) is 0 Å². The van der Waals surface area contributed by atoms with Gasteiger partial charge in [-0.3, -0.25) is 9.59 Å². The lowest BCUT2D eigenvalue weighted by Crippen LogP contribution is -2.82. The van der Waals surface area contributed by atoms with Gasteiger partial charge in [0.15, 0.2) is 19.7 Å². The molecule has 3 aliphatic carbocycles. The summed E-state index contributed by atoms with van der Waals surface area (Å²) in [5.41, 5.74) is -5.08. The molecule has 1 heterocycles.